The number of hydrogen-bond donors (Lipinski definition) is 2. The highest BCUT2D eigenvalue weighted by atomic mass is 35.5. The van der Waals surface area contributed by atoms with Crippen molar-refractivity contribution in [2.45, 2.75) is 24.7 Å². The number of rotatable bonds is 12. The number of halogens is 1. The van der Waals surface area contributed by atoms with Crippen LogP contribution in [0.25, 0.3) is 0 Å². The Morgan fingerprint density at radius 2 is 1.71 bits per heavy atom. The Morgan fingerprint density at radius 1 is 1.00 bits per heavy atom. The predicted octanol–water partition coefficient (Wildman–Crippen LogP) is 2.78. The second kappa shape index (κ2) is 11.8. The van der Waals surface area contributed by atoms with Crippen molar-refractivity contribution in [1.82, 2.24) is 10.0 Å². The molecule has 2 aromatic carbocycles. The van der Waals surface area contributed by atoms with Gasteiger partial charge in [-0.1, -0.05) is 24.6 Å². The van der Waals surface area contributed by atoms with Crippen LogP contribution in [0.1, 0.15) is 18.9 Å². The van der Waals surface area contributed by atoms with Gasteiger partial charge in [0.05, 0.1) is 24.1 Å². The summed E-state index contributed by atoms with van der Waals surface area (Å²) in [6.45, 7) is 2.37. The van der Waals surface area contributed by atoms with Crippen molar-refractivity contribution in [3.05, 3.63) is 47.0 Å². The molecule has 0 aliphatic rings. The van der Waals surface area contributed by atoms with E-state index >= 15 is 0 Å². The van der Waals surface area contributed by atoms with Gasteiger partial charge in [-0.05, 0) is 48.7 Å². The van der Waals surface area contributed by atoms with Crippen molar-refractivity contribution in [1.29, 1.82) is 0 Å². The molecule has 8 nitrogen and oxygen atoms in total. The summed E-state index contributed by atoms with van der Waals surface area (Å²) in [5.74, 6) is 1.17. The zero-order valence-corrected chi connectivity index (χ0v) is 19.3. The Hall–Kier alpha value is -2.49. The third-order valence-corrected chi connectivity index (χ3v) is 6.05. The fraction of sp³-hybridized carbons (Fsp3) is 0.381. The molecule has 0 heterocycles. The van der Waals surface area contributed by atoms with E-state index in [1.165, 1.54) is 18.2 Å². The molecule has 0 saturated heterocycles. The highest BCUT2D eigenvalue weighted by Crippen LogP contribution is 2.28. The monoisotopic (exact) mass is 470 g/mol. The first-order valence-electron chi connectivity index (χ1n) is 9.70. The first-order chi connectivity index (χ1) is 14.8. The topological polar surface area (TPSA) is 103 Å². The molecule has 10 heteroatoms. The molecule has 2 aromatic rings. The van der Waals surface area contributed by atoms with Crippen LogP contribution in [-0.4, -0.2) is 48.2 Å². The van der Waals surface area contributed by atoms with E-state index in [-0.39, 0.29) is 28.2 Å². The Labute approximate surface area is 187 Å². The lowest BCUT2D eigenvalue weighted by molar-refractivity contribution is -0.123. The summed E-state index contributed by atoms with van der Waals surface area (Å²) in [6, 6.07) is 9.67. The van der Waals surface area contributed by atoms with Gasteiger partial charge in [-0.15, -0.1) is 0 Å². The smallest absolute Gasteiger partial charge is 0.257 e. The lowest BCUT2D eigenvalue weighted by Gasteiger charge is -2.12. The number of hydrogen-bond acceptors (Lipinski definition) is 6. The Bertz CT molecular complexity index is 997. The second-order valence-electron chi connectivity index (χ2n) is 6.57. The molecule has 0 radical (unpaired) electrons. The van der Waals surface area contributed by atoms with Crippen LogP contribution in [0.5, 0.6) is 17.2 Å². The van der Waals surface area contributed by atoms with Gasteiger partial charge in [0, 0.05) is 13.1 Å². The second-order valence-corrected chi connectivity index (χ2v) is 8.74. The van der Waals surface area contributed by atoms with Gasteiger partial charge in [-0.25, -0.2) is 13.1 Å². The van der Waals surface area contributed by atoms with Crippen molar-refractivity contribution < 1.29 is 27.4 Å². The zero-order valence-electron chi connectivity index (χ0n) is 17.7. The molecule has 0 aliphatic carbocycles. The molecule has 0 saturated carbocycles. The maximum atomic E-state index is 12.1. The molecular weight excluding hydrogens is 444 g/mol. The fourth-order valence-corrected chi connectivity index (χ4v) is 4.12. The molecular formula is C21H27ClN2O6S. The third kappa shape index (κ3) is 7.30. The van der Waals surface area contributed by atoms with E-state index in [2.05, 4.69) is 10.0 Å². The van der Waals surface area contributed by atoms with Crippen LogP contribution in [-0.2, 0) is 21.2 Å². The average Bonchev–Trinajstić information content (AvgIpc) is 2.76. The molecule has 0 fully saturated rings. The van der Waals surface area contributed by atoms with Gasteiger partial charge in [0.15, 0.2) is 18.1 Å². The van der Waals surface area contributed by atoms with Crippen molar-refractivity contribution in [2.75, 3.05) is 33.9 Å². The Balaban J connectivity index is 1.85. The maximum absolute atomic E-state index is 12.1. The van der Waals surface area contributed by atoms with Crippen LogP contribution in [0.2, 0.25) is 5.02 Å². The maximum Gasteiger partial charge on any atom is 0.257 e. The average molecular weight is 471 g/mol. The quantitative estimate of drug-likeness (QED) is 0.494. The number of carbonyl (C=O) groups is 1. The highest BCUT2D eigenvalue weighted by Gasteiger charge is 2.16. The van der Waals surface area contributed by atoms with Crippen LogP contribution in [0.4, 0.5) is 0 Å². The van der Waals surface area contributed by atoms with Crippen molar-refractivity contribution in [2.24, 2.45) is 0 Å². The number of benzene rings is 2. The van der Waals surface area contributed by atoms with E-state index < -0.39 is 10.0 Å². The molecule has 0 unspecified atom stereocenters. The molecule has 2 rings (SSSR count). The molecule has 170 valence electrons. The largest absolute Gasteiger partial charge is 0.493 e. The van der Waals surface area contributed by atoms with Crippen LogP contribution in [0, 0.1) is 0 Å². The third-order valence-electron chi connectivity index (χ3n) is 4.30. The molecule has 0 aliphatic heterocycles. The molecule has 2 N–H and O–H groups in total. The van der Waals surface area contributed by atoms with Gasteiger partial charge in [0.2, 0.25) is 10.0 Å². The summed E-state index contributed by atoms with van der Waals surface area (Å²) in [7, 11) is -0.493. The molecule has 1 amide bonds. The minimum atomic E-state index is -3.63. The molecule has 0 aromatic heterocycles. The summed E-state index contributed by atoms with van der Waals surface area (Å²) >= 11 is 6.12. The van der Waals surface area contributed by atoms with E-state index in [0.29, 0.717) is 37.4 Å². The van der Waals surface area contributed by atoms with E-state index in [4.69, 9.17) is 25.8 Å². The first kappa shape index (κ1) is 24.8. The van der Waals surface area contributed by atoms with Gasteiger partial charge in [0.1, 0.15) is 5.75 Å². The van der Waals surface area contributed by atoms with E-state index in [9.17, 15) is 13.2 Å². The Kier molecular flexibility index (Phi) is 9.42. The molecule has 31 heavy (non-hydrogen) atoms. The van der Waals surface area contributed by atoms with Gasteiger partial charge in [-0.2, -0.15) is 0 Å². The highest BCUT2D eigenvalue weighted by molar-refractivity contribution is 7.89. The number of amides is 1. The minimum absolute atomic E-state index is 0.0395. The van der Waals surface area contributed by atoms with E-state index in [0.717, 1.165) is 5.56 Å². The standard InChI is InChI=1S/C21H27ClN2O6S/c1-4-10-24-31(26,27)16-6-8-18(17(22)13-16)30-14-21(25)23-11-9-15-5-7-19(28-2)20(12-15)29-3/h5-8,12-13,24H,4,9-11,14H2,1-3H3,(H,23,25). The van der Waals surface area contributed by atoms with Crippen molar-refractivity contribution in [3.8, 4) is 17.2 Å². The van der Waals surface area contributed by atoms with E-state index in [1.807, 2.05) is 25.1 Å². The Morgan fingerprint density at radius 3 is 2.35 bits per heavy atom. The van der Waals surface area contributed by atoms with Gasteiger partial charge >= 0.3 is 0 Å². The van der Waals surface area contributed by atoms with Crippen LogP contribution < -0.4 is 24.2 Å². The fourth-order valence-electron chi connectivity index (χ4n) is 2.66. The number of ether oxygens (including phenoxy) is 3. The normalized spacial score (nSPS) is 11.1. The van der Waals surface area contributed by atoms with Gasteiger partial charge < -0.3 is 19.5 Å². The number of sulfonamides is 1. The van der Waals surface area contributed by atoms with Crippen LogP contribution in [0.3, 0.4) is 0 Å². The van der Waals surface area contributed by atoms with Crippen LogP contribution in [0.15, 0.2) is 41.3 Å². The minimum Gasteiger partial charge on any atom is -0.493 e. The SMILES string of the molecule is CCCNS(=O)(=O)c1ccc(OCC(=O)NCCc2ccc(OC)c(OC)c2)c(Cl)c1. The van der Waals surface area contributed by atoms with Crippen molar-refractivity contribution in [3.63, 3.8) is 0 Å². The van der Waals surface area contributed by atoms with Crippen LogP contribution >= 0.6 is 11.6 Å². The summed E-state index contributed by atoms with van der Waals surface area (Å²) < 4.78 is 42.6. The number of nitrogens with one attached hydrogen (secondary N) is 2. The summed E-state index contributed by atoms with van der Waals surface area (Å²) in [4.78, 5) is 12.1. The van der Waals surface area contributed by atoms with Crippen molar-refractivity contribution >= 4 is 27.5 Å². The molecule has 0 spiro atoms. The summed E-state index contributed by atoms with van der Waals surface area (Å²) in [5, 5.41) is 2.87. The lowest BCUT2D eigenvalue weighted by Crippen LogP contribution is -2.30. The first-order valence-corrected chi connectivity index (χ1v) is 11.6. The molecule has 0 bridgehead atoms. The number of carbonyl (C=O) groups excluding carboxylic acids is 1. The number of methoxy groups -OCH3 is 2. The van der Waals surface area contributed by atoms with E-state index in [1.54, 1.807) is 14.2 Å². The van der Waals surface area contributed by atoms with Gasteiger partial charge in [-0.3, -0.25) is 4.79 Å². The zero-order chi connectivity index (χ0) is 22.9. The molecule has 0 atom stereocenters. The predicted molar refractivity (Wildman–Crippen MR) is 119 cm³/mol. The van der Waals surface area contributed by atoms with Gasteiger partial charge in [0.25, 0.3) is 5.91 Å². The summed E-state index contributed by atoms with van der Waals surface area (Å²) in [6.07, 6.45) is 1.28. The summed E-state index contributed by atoms with van der Waals surface area (Å²) in [5.41, 5.74) is 0.982. The lowest BCUT2D eigenvalue weighted by atomic mass is 10.1.